The minimum atomic E-state index is -0.570. The first kappa shape index (κ1) is 35.8. The SMILES string of the molecule is C1=C(c2cccc(-c3cccc(-c4ccc5c(c4)C4(c6ccccc6N(c6ccccc6)c6ccccc64)c4cccnc4-5)c3)c2)NC(c2ccccc2)=NC1c1ccccc1. The fraction of sp³-hybridized carbons (Fsp3) is 0.0345. The third-order valence-corrected chi connectivity index (χ3v) is 12.7. The third-order valence-electron chi connectivity index (χ3n) is 12.7. The van der Waals surface area contributed by atoms with Crippen molar-refractivity contribution >= 4 is 28.6 Å². The van der Waals surface area contributed by atoms with E-state index in [4.69, 9.17) is 9.98 Å². The summed E-state index contributed by atoms with van der Waals surface area (Å²) in [4.78, 5) is 12.7. The van der Waals surface area contributed by atoms with E-state index < -0.39 is 5.41 Å². The second kappa shape index (κ2) is 14.6. The van der Waals surface area contributed by atoms with Gasteiger partial charge in [-0.25, -0.2) is 0 Å². The van der Waals surface area contributed by atoms with Gasteiger partial charge in [-0.1, -0.05) is 170 Å². The van der Waals surface area contributed by atoms with E-state index in [1.165, 1.54) is 44.8 Å². The van der Waals surface area contributed by atoms with Crippen molar-refractivity contribution in [1.82, 2.24) is 10.3 Å². The van der Waals surface area contributed by atoms with E-state index in [1.54, 1.807) is 0 Å². The van der Waals surface area contributed by atoms with E-state index in [0.29, 0.717) is 0 Å². The van der Waals surface area contributed by atoms with Gasteiger partial charge in [0.15, 0.2) is 0 Å². The Morgan fingerprint density at radius 2 is 0.984 bits per heavy atom. The molecule has 0 amide bonds. The maximum atomic E-state index is 5.16. The number of pyridine rings is 1. The Kier molecular flexibility index (Phi) is 8.42. The zero-order valence-electron chi connectivity index (χ0n) is 33.9. The lowest BCUT2D eigenvalue weighted by Gasteiger charge is -2.45. The molecule has 0 saturated carbocycles. The zero-order chi connectivity index (χ0) is 41.0. The van der Waals surface area contributed by atoms with Crippen LogP contribution in [0.5, 0.6) is 0 Å². The van der Waals surface area contributed by atoms with Gasteiger partial charge in [0.1, 0.15) is 5.84 Å². The number of hydrogen-bond acceptors (Lipinski definition) is 4. The molecule has 8 aromatic carbocycles. The predicted octanol–water partition coefficient (Wildman–Crippen LogP) is 13.7. The molecule has 1 atom stereocenters. The lowest BCUT2D eigenvalue weighted by Crippen LogP contribution is -2.36. The Morgan fingerprint density at radius 3 is 1.68 bits per heavy atom. The number of para-hydroxylation sites is 3. The lowest BCUT2D eigenvalue weighted by atomic mass is 9.64. The van der Waals surface area contributed by atoms with E-state index in [9.17, 15) is 0 Å². The zero-order valence-corrected chi connectivity index (χ0v) is 33.9. The van der Waals surface area contributed by atoms with E-state index in [-0.39, 0.29) is 6.04 Å². The van der Waals surface area contributed by atoms with Crippen LogP contribution in [0.15, 0.2) is 236 Å². The van der Waals surface area contributed by atoms with Crippen LogP contribution in [0.2, 0.25) is 0 Å². The first-order chi connectivity index (χ1) is 30.7. The van der Waals surface area contributed by atoms with Crippen LogP contribution >= 0.6 is 0 Å². The molecule has 62 heavy (non-hydrogen) atoms. The molecule has 0 saturated heterocycles. The molecule has 0 radical (unpaired) electrons. The monoisotopic (exact) mass is 792 g/mol. The summed E-state index contributed by atoms with van der Waals surface area (Å²) in [6, 6.07) is 78.6. The summed E-state index contributed by atoms with van der Waals surface area (Å²) in [5.41, 5.74) is 19.1. The molecule has 3 aliphatic rings. The number of amidine groups is 1. The summed E-state index contributed by atoms with van der Waals surface area (Å²) < 4.78 is 0. The van der Waals surface area contributed by atoms with Crippen molar-refractivity contribution in [2.45, 2.75) is 11.5 Å². The molecule has 4 heteroatoms. The van der Waals surface area contributed by atoms with Crippen molar-refractivity contribution in [1.29, 1.82) is 0 Å². The smallest absolute Gasteiger partial charge is 0.133 e. The molecule has 2 aliphatic heterocycles. The molecular formula is C58H40N4. The molecule has 292 valence electrons. The fourth-order valence-electron chi connectivity index (χ4n) is 10.0. The summed E-state index contributed by atoms with van der Waals surface area (Å²) in [6.07, 6.45) is 4.17. The Labute approximate surface area is 361 Å². The summed E-state index contributed by atoms with van der Waals surface area (Å²) in [5, 5.41) is 3.69. The summed E-state index contributed by atoms with van der Waals surface area (Å²) >= 11 is 0. The summed E-state index contributed by atoms with van der Waals surface area (Å²) in [7, 11) is 0. The second-order valence-corrected chi connectivity index (χ2v) is 16.2. The van der Waals surface area contributed by atoms with Crippen molar-refractivity contribution < 1.29 is 0 Å². The highest BCUT2D eigenvalue weighted by Crippen LogP contribution is 2.63. The first-order valence-corrected chi connectivity index (χ1v) is 21.3. The molecule has 9 aromatic rings. The second-order valence-electron chi connectivity index (χ2n) is 16.2. The number of nitrogens with zero attached hydrogens (tertiary/aromatic N) is 3. The Balaban J connectivity index is 0.967. The number of fused-ring (bicyclic) bond motifs is 9. The van der Waals surface area contributed by atoms with Gasteiger partial charge in [-0.05, 0) is 110 Å². The van der Waals surface area contributed by atoms with Crippen molar-refractivity contribution in [3.63, 3.8) is 0 Å². The van der Waals surface area contributed by atoms with Crippen LogP contribution < -0.4 is 10.2 Å². The maximum absolute atomic E-state index is 5.16. The Hall–Kier alpha value is -8.08. The average molecular weight is 793 g/mol. The topological polar surface area (TPSA) is 40.5 Å². The number of hydrogen-bond donors (Lipinski definition) is 1. The number of aromatic nitrogens is 1. The third kappa shape index (κ3) is 5.68. The fourth-order valence-corrected chi connectivity index (χ4v) is 10.0. The van der Waals surface area contributed by atoms with Gasteiger partial charge in [-0.2, -0.15) is 0 Å². The molecule has 1 aliphatic carbocycles. The minimum Gasteiger partial charge on any atom is -0.340 e. The molecular weight excluding hydrogens is 753 g/mol. The lowest BCUT2D eigenvalue weighted by molar-refractivity contribution is 0.751. The number of anilines is 3. The number of nitrogens with one attached hydrogen (secondary N) is 1. The molecule has 4 nitrogen and oxygen atoms in total. The molecule has 12 rings (SSSR count). The maximum Gasteiger partial charge on any atom is 0.133 e. The number of rotatable bonds is 6. The highest BCUT2D eigenvalue weighted by Gasteiger charge is 2.52. The molecule has 1 N–H and O–H groups in total. The Morgan fingerprint density at radius 1 is 0.435 bits per heavy atom. The Bertz CT molecular complexity index is 3180. The summed E-state index contributed by atoms with van der Waals surface area (Å²) in [6.45, 7) is 0. The van der Waals surface area contributed by atoms with E-state index in [0.717, 1.165) is 56.3 Å². The summed E-state index contributed by atoms with van der Waals surface area (Å²) in [5.74, 6) is 0.868. The van der Waals surface area contributed by atoms with Gasteiger partial charge >= 0.3 is 0 Å². The molecule has 1 unspecified atom stereocenters. The van der Waals surface area contributed by atoms with Gasteiger partial charge in [-0.3, -0.25) is 9.98 Å². The van der Waals surface area contributed by atoms with Crippen molar-refractivity contribution in [3.05, 3.63) is 270 Å². The largest absolute Gasteiger partial charge is 0.340 e. The molecule has 1 spiro atoms. The van der Waals surface area contributed by atoms with Crippen molar-refractivity contribution in [3.8, 4) is 33.5 Å². The van der Waals surface area contributed by atoms with E-state index >= 15 is 0 Å². The van der Waals surface area contributed by atoms with Gasteiger partial charge in [0, 0.05) is 28.7 Å². The number of aliphatic imine (C=N–C) groups is 1. The normalized spacial score (nSPS) is 15.4. The first-order valence-electron chi connectivity index (χ1n) is 21.3. The quantitative estimate of drug-likeness (QED) is 0.182. The molecule has 1 aromatic heterocycles. The average Bonchev–Trinajstić information content (AvgIpc) is 3.65. The predicted molar refractivity (Wildman–Crippen MR) is 254 cm³/mol. The van der Waals surface area contributed by atoms with Crippen LogP contribution in [-0.4, -0.2) is 10.8 Å². The van der Waals surface area contributed by atoms with Gasteiger partial charge in [-0.15, -0.1) is 0 Å². The van der Waals surface area contributed by atoms with Gasteiger partial charge in [0.25, 0.3) is 0 Å². The van der Waals surface area contributed by atoms with Crippen LogP contribution in [0.4, 0.5) is 17.1 Å². The van der Waals surface area contributed by atoms with Crippen LogP contribution in [-0.2, 0) is 5.41 Å². The van der Waals surface area contributed by atoms with Crippen LogP contribution in [0, 0.1) is 0 Å². The van der Waals surface area contributed by atoms with Crippen LogP contribution in [0.3, 0.4) is 0 Å². The van der Waals surface area contributed by atoms with Crippen molar-refractivity contribution in [2.75, 3.05) is 4.90 Å². The highest BCUT2D eigenvalue weighted by atomic mass is 15.2. The molecule has 3 heterocycles. The standard InChI is InChI=1S/C58H40N4/c1-4-17-39(18-5-1)52-38-53(61-57(60-52)40-19-6-2-7-20-40)45-24-15-23-43(36-45)41-21-14-22-42(35-41)44-32-33-47-51(37-44)58(50-29-16-34-59-56(47)50)48-27-10-12-30-54(48)62(46-25-8-3-9-26-46)55-31-13-11-28-49(55)58/h1-38,52H,(H,60,61). The molecule has 0 fully saturated rings. The van der Waals surface area contributed by atoms with E-state index in [2.05, 4.69) is 229 Å². The highest BCUT2D eigenvalue weighted by molar-refractivity contribution is 6.05. The van der Waals surface area contributed by atoms with Gasteiger partial charge in [0.2, 0.25) is 0 Å². The van der Waals surface area contributed by atoms with Crippen LogP contribution in [0.1, 0.15) is 45.0 Å². The van der Waals surface area contributed by atoms with Crippen molar-refractivity contribution in [2.24, 2.45) is 4.99 Å². The number of benzene rings is 8. The van der Waals surface area contributed by atoms with Crippen LogP contribution in [0.25, 0.3) is 39.2 Å². The minimum absolute atomic E-state index is 0.108. The van der Waals surface area contributed by atoms with Gasteiger partial charge in [0.05, 0.1) is 28.5 Å². The van der Waals surface area contributed by atoms with E-state index in [1.807, 2.05) is 12.3 Å². The van der Waals surface area contributed by atoms with Gasteiger partial charge < -0.3 is 10.2 Å². The molecule has 0 bridgehead atoms.